The number of rotatable bonds is 7. The van der Waals surface area contributed by atoms with E-state index in [-0.39, 0.29) is 13.2 Å². The van der Waals surface area contributed by atoms with Gasteiger partial charge in [-0.1, -0.05) is 35.5 Å². The van der Waals surface area contributed by atoms with Crippen LogP contribution in [0.5, 0.6) is 11.5 Å². The van der Waals surface area contributed by atoms with Gasteiger partial charge in [0.15, 0.2) is 12.4 Å². The van der Waals surface area contributed by atoms with Gasteiger partial charge in [-0.05, 0) is 24.3 Å². The number of carbonyl (C=O) groups excluding carboxylic acids is 1. The summed E-state index contributed by atoms with van der Waals surface area (Å²) in [5, 5.41) is 3.89. The molecule has 0 aliphatic carbocycles. The SMILES string of the molecule is COc1ccc(OCC(=O)OCc2cc(-c3ccccc3)on2)cc1. The molecule has 3 rings (SSSR count). The van der Waals surface area contributed by atoms with Gasteiger partial charge in [0.25, 0.3) is 0 Å². The first-order chi connectivity index (χ1) is 12.2. The lowest BCUT2D eigenvalue weighted by atomic mass is 10.2. The van der Waals surface area contributed by atoms with Crippen LogP contribution in [-0.2, 0) is 16.1 Å². The number of ether oxygens (including phenoxy) is 3. The largest absolute Gasteiger partial charge is 0.497 e. The van der Waals surface area contributed by atoms with E-state index in [2.05, 4.69) is 5.16 Å². The molecule has 6 nitrogen and oxygen atoms in total. The maximum Gasteiger partial charge on any atom is 0.344 e. The number of hydrogen-bond donors (Lipinski definition) is 0. The van der Waals surface area contributed by atoms with Gasteiger partial charge >= 0.3 is 5.97 Å². The van der Waals surface area contributed by atoms with E-state index >= 15 is 0 Å². The van der Waals surface area contributed by atoms with E-state index in [0.29, 0.717) is 17.2 Å². The first-order valence-corrected chi connectivity index (χ1v) is 7.68. The molecule has 3 aromatic rings. The van der Waals surface area contributed by atoms with Gasteiger partial charge in [-0.2, -0.15) is 0 Å². The van der Waals surface area contributed by atoms with Crippen LogP contribution in [0, 0.1) is 0 Å². The molecule has 0 radical (unpaired) electrons. The quantitative estimate of drug-likeness (QED) is 0.614. The molecule has 0 amide bonds. The lowest BCUT2D eigenvalue weighted by molar-refractivity contribution is -0.147. The van der Waals surface area contributed by atoms with Crippen molar-refractivity contribution in [1.29, 1.82) is 0 Å². The fourth-order valence-corrected chi connectivity index (χ4v) is 2.13. The molecule has 0 aliphatic heterocycles. The van der Waals surface area contributed by atoms with Crippen molar-refractivity contribution in [2.24, 2.45) is 0 Å². The summed E-state index contributed by atoms with van der Waals surface area (Å²) in [6, 6.07) is 18.3. The van der Waals surface area contributed by atoms with Crippen molar-refractivity contribution >= 4 is 5.97 Å². The van der Waals surface area contributed by atoms with Gasteiger partial charge in [-0.15, -0.1) is 0 Å². The van der Waals surface area contributed by atoms with Crippen LogP contribution in [0.2, 0.25) is 0 Å². The molecule has 0 fully saturated rings. The third kappa shape index (κ3) is 4.60. The molecule has 0 unspecified atom stereocenters. The Labute approximate surface area is 144 Å². The van der Waals surface area contributed by atoms with E-state index < -0.39 is 5.97 Å². The highest BCUT2D eigenvalue weighted by Crippen LogP contribution is 2.20. The number of benzene rings is 2. The minimum atomic E-state index is -0.486. The summed E-state index contributed by atoms with van der Waals surface area (Å²) in [7, 11) is 1.58. The van der Waals surface area contributed by atoms with Gasteiger partial charge in [-0.25, -0.2) is 4.79 Å². The van der Waals surface area contributed by atoms with Crippen molar-refractivity contribution in [3.8, 4) is 22.8 Å². The molecular formula is C19H17NO5. The third-order valence-corrected chi connectivity index (χ3v) is 3.41. The maximum absolute atomic E-state index is 11.8. The zero-order valence-corrected chi connectivity index (χ0v) is 13.7. The fourth-order valence-electron chi connectivity index (χ4n) is 2.13. The average molecular weight is 339 g/mol. The minimum Gasteiger partial charge on any atom is -0.497 e. The summed E-state index contributed by atoms with van der Waals surface area (Å²) in [4.78, 5) is 11.8. The van der Waals surface area contributed by atoms with Crippen molar-refractivity contribution in [3.63, 3.8) is 0 Å². The van der Waals surface area contributed by atoms with Crippen molar-refractivity contribution in [1.82, 2.24) is 5.16 Å². The normalized spacial score (nSPS) is 10.3. The van der Waals surface area contributed by atoms with Crippen LogP contribution >= 0.6 is 0 Å². The summed E-state index contributed by atoms with van der Waals surface area (Å²) >= 11 is 0. The molecule has 1 heterocycles. The molecule has 0 spiro atoms. The molecule has 0 bridgehead atoms. The molecular weight excluding hydrogens is 322 g/mol. The molecule has 0 saturated carbocycles. The second-order valence-corrected chi connectivity index (χ2v) is 5.17. The highest BCUT2D eigenvalue weighted by molar-refractivity contribution is 5.71. The van der Waals surface area contributed by atoms with Crippen LogP contribution in [-0.4, -0.2) is 24.8 Å². The lowest BCUT2D eigenvalue weighted by Gasteiger charge is -2.06. The molecule has 1 aromatic heterocycles. The van der Waals surface area contributed by atoms with Gasteiger partial charge in [0.05, 0.1) is 7.11 Å². The van der Waals surface area contributed by atoms with Crippen LogP contribution in [0.1, 0.15) is 5.69 Å². The smallest absolute Gasteiger partial charge is 0.344 e. The van der Waals surface area contributed by atoms with Crippen molar-refractivity contribution in [3.05, 3.63) is 66.4 Å². The molecule has 25 heavy (non-hydrogen) atoms. The number of methoxy groups -OCH3 is 1. The second kappa shape index (κ2) is 8.01. The van der Waals surface area contributed by atoms with Crippen LogP contribution in [0.4, 0.5) is 0 Å². The summed E-state index contributed by atoms with van der Waals surface area (Å²) in [5.41, 5.74) is 1.45. The summed E-state index contributed by atoms with van der Waals surface area (Å²) < 4.78 is 20.8. The number of carbonyl (C=O) groups is 1. The van der Waals surface area contributed by atoms with Crippen molar-refractivity contribution in [2.75, 3.05) is 13.7 Å². The molecule has 0 atom stereocenters. The van der Waals surface area contributed by atoms with Crippen LogP contribution in [0.3, 0.4) is 0 Å². The Balaban J connectivity index is 1.46. The second-order valence-electron chi connectivity index (χ2n) is 5.17. The number of nitrogens with zero attached hydrogens (tertiary/aromatic N) is 1. The Bertz CT molecular complexity index is 811. The number of esters is 1. The Kier molecular flexibility index (Phi) is 5.31. The highest BCUT2D eigenvalue weighted by atomic mass is 16.6. The summed E-state index contributed by atoms with van der Waals surface area (Å²) in [6.07, 6.45) is 0. The van der Waals surface area contributed by atoms with Crippen molar-refractivity contribution < 1.29 is 23.5 Å². The van der Waals surface area contributed by atoms with E-state index in [1.165, 1.54) is 0 Å². The standard InChI is InChI=1S/C19H17NO5/c1-22-16-7-9-17(10-8-16)23-13-19(21)24-12-15-11-18(25-20-15)14-5-3-2-4-6-14/h2-11H,12-13H2,1H3. The van der Waals surface area contributed by atoms with Gasteiger partial charge in [0.1, 0.15) is 23.8 Å². The Morgan fingerprint density at radius 1 is 1.04 bits per heavy atom. The average Bonchev–Trinajstić information content (AvgIpc) is 3.15. The lowest BCUT2D eigenvalue weighted by Crippen LogP contribution is -2.14. The number of aromatic nitrogens is 1. The maximum atomic E-state index is 11.8. The molecule has 6 heteroatoms. The van der Waals surface area contributed by atoms with E-state index in [4.69, 9.17) is 18.7 Å². The molecule has 2 aromatic carbocycles. The Morgan fingerprint density at radius 2 is 1.76 bits per heavy atom. The zero-order chi connectivity index (χ0) is 17.5. The van der Waals surface area contributed by atoms with Gasteiger partial charge in [0.2, 0.25) is 0 Å². The van der Waals surface area contributed by atoms with E-state index in [9.17, 15) is 4.79 Å². The summed E-state index contributed by atoms with van der Waals surface area (Å²) in [5.74, 6) is 1.42. The van der Waals surface area contributed by atoms with E-state index in [0.717, 1.165) is 11.3 Å². The first-order valence-electron chi connectivity index (χ1n) is 7.68. The van der Waals surface area contributed by atoms with Gasteiger partial charge in [0, 0.05) is 11.6 Å². The Morgan fingerprint density at radius 3 is 2.48 bits per heavy atom. The first kappa shape index (κ1) is 16.6. The predicted molar refractivity (Wildman–Crippen MR) is 90.2 cm³/mol. The van der Waals surface area contributed by atoms with Crippen LogP contribution in [0.25, 0.3) is 11.3 Å². The summed E-state index contributed by atoms with van der Waals surface area (Å²) in [6.45, 7) is -0.156. The van der Waals surface area contributed by atoms with Crippen LogP contribution in [0.15, 0.2) is 65.2 Å². The van der Waals surface area contributed by atoms with Crippen LogP contribution < -0.4 is 9.47 Å². The van der Waals surface area contributed by atoms with E-state index in [1.54, 1.807) is 37.4 Å². The molecule has 0 N–H and O–H groups in total. The van der Waals surface area contributed by atoms with Crippen molar-refractivity contribution in [2.45, 2.75) is 6.61 Å². The molecule has 0 saturated heterocycles. The molecule has 0 aliphatic rings. The minimum absolute atomic E-state index is 0.0289. The van der Waals surface area contributed by atoms with Gasteiger partial charge < -0.3 is 18.7 Å². The zero-order valence-electron chi connectivity index (χ0n) is 13.7. The third-order valence-electron chi connectivity index (χ3n) is 3.41. The molecule has 128 valence electrons. The fraction of sp³-hybridized carbons (Fsp3) is 0.158. The number of hydrogen-bond acceptors (Lipinski definition) is 6. The van der Waals surface area contributed by atoms with E-state index in [1.807, 2.05) is 30.3 Å². The van der Waals surface area contributed by atoms with Gasteiger partial charge in [-0.3, -0.25) is 0 Å². The monoisotopic (exact) mass is 339 g/mol. The highest BCUT2D eigenvalue weighted by Gasteiger charge is 2.10. The predicted octanol–water partition coefficient (Wildman–Crippen LogP) is 3.47. The Hall–Kier alpha value is -3.28. The topological polar surface area (TPSA) is 70.8 Å².